The minimum atomic E-state index is 0.0869. The maximum atomic E-state index is 12.1. The van der Waals surface area contributed by atoms with Gasteiger partial charge < -0.3 is 15.5 Å². The average molecular weight is 343 g/mol. The summed E-state index contributed by atoms with van der Waals surface area (Å²) in [6.07, 6.45) is 6.32. The van der Waals surface area contributed by atoms with E-state index in [0.717, 1.165) is 63.1 Å². The van der Waals surface area contributed by atoms with E-state index >= 15 is 0 Å². The Morgan fingerprint density at radius 2 is 1.88 bits per heavy atom. The lowest BCUT2D eigenvalue weighted by Crippen LogP contribution is -2.27. The topological polar surface area (TPSA) is 61.4 Å². The summed E-state index contributed by atoms with van der Waals surface area (Å²) in [7, 11) is 0. The number of amides is 2. The highest BCUT2D eigenvalue weighted by atomic mass is 16.2. The van der Waals surface area contributed by atoms with Crippen LogP contribution in [0.2, 0.25) is 0 Å². The van der Waals surface area contributed by atoms with E-state index in [-0.39, 0.29) is 11.8 Å². The van der Waals surface area contributed by atoms with Crippen molar-refractivity contribution in [2.75, 3.05) is 31.5 Å². The molecule has 2 heterocycles. The van der Waals surface area contributed by atoms with Crippen LogP contribution in [0.5, 0.6) is 0 Å². The summed E-state index contributed by atoms with van der Waals surface area (Å²) in [5.74, 6) is 0.987. The molecule has 1 unspecified atom stereocenters. The molecule has 2 N–H and O–H groups in total. The van der Waals surface area contributed by atoms with Crippen molar-refractivity contribution in [3.8, 4) is 0 Å². The Hall–Kier alpha value is -1.88. The molecule has 2 saturated heterocycles. The lowest BCUT2D eigenvalue weighted by Gasteiger charge is -2.15. The number of hydrogen-bond acceptors (Lipinski definition) is 3. The molecule has 5 heteroatoms. The second-order valence-electron chi connectivity index (χ2n) is 7.23. The normalized spacial score (nSPS) is 20.0. The molecule has 0 radical (unpaired) electrons. The third-order valence-electron chi connectivity index (χ3n) is 5.27. The number of carbonyl (C=O) groups is 2. The van der Waals surface area contributed by atoms with Gasteiger partial charge in [-0.25, -0.2) is 0 Å². The predicted molar refractivity (Wildman–Crippen MR) is 99.4 cm³/mol. The minimum absolute atomic E-state index is 0.0869. The molecule has 2 fully saturated rings. The Labute approximate surface area is 150 Å². The van der Waals surface area contributed by atoms with Gasteiger partial charge in [0, 0.05) is 31.6 Å². The van der Waals surface area contributed by atoms with Crippen LogP contribution < -0.4 is 10.6 Å². The summed E-state index contributed by atoms with van der Waals surface area (Å²) in [6, 6.07) is 7.89. The first-order chi connectivity index (χ1) is 12.2. The molecule has 1 aromatic rings. The maximum Gasteiger partial charge on any atom is 0.224 e. The SMILES string of the molecule is O=C(CCC1CCNC1)Nc1ccc(CCC(=O)N2CCCC2)cc1. The molecule has 2 amide bonds. The molecule has 1 atom stereocenters. The molecule has 0 bridgehead atoms. The first-order valence-electron chi connectivity index (χ1n) is 9.58. The molecule has 0 saturated carbocycles. The zero-order valence-corrected chi connectivity index (χ0v) is 14.9. The van der Waals surface area contributed by atoms with Gasteiger partial charge in [0.15, 0.2) is 0 Å². The monoisotopic (exact) mass is 343 g/mol. The van der Waals surface area contributed by atoms with E-state index in [2.05, 4.69) is 10.6 Å². The molecular formula is C20H29N3O2. The molecule has 0 spiro atoms. The Morgan fingerprint density at radius 3 is 2.56 bits per heavy atom. The van der Waals surface area contributed by atoms with Gasteiger partial charge in [-0.1, -0.05) is 12.1 Å². The van der Waals surface area contributed by atoms with Gasteiger partial charge in [0.05, 0.1) is 0 Å². The molecular weight excluding hydrogens is 314 g/mol. The van der Waals surface area contributed by atoms with Crippen molar-refractivity contribution in [1.82, 2.24) is 10.2 Å². The van der Waals surface area contributed by atoms with Crippen LogP contribution in [-0.4, -0.2) is 42.9 Å². The Kier molecular flexibility index (Phi) is 6.45. The number of anilines is 1. The molecule has 3 rings (SSSR count). The van der Waals surface area contributed by atoms with Crippen molar-refractivity contribution >= 4 is 17.5 Å². The zero-order chi connectivity index (χ0) is 17.5. The van der Waals surface area contributed by atoms with Gasteiger partial charge in [-0.15, -0.1) is 0 Å². The zero-order valence-electron chi connectivity index (χ0n) is 14.9. The predicted octanol–water partition coefficient (Wildman–Crippen LogP) is 2.57. The van der Waals surface area contributed by atoms with Gasteiger partial charge >= 0.3 is 0 Å². The maximum absolute atomic E-state index is 12.1. The molecule has 136 valence electrons. The van der Waals surface area contributed by atoms with Crippen molar-refractivity contribution in [3.05, 3.63) is 29.8 Å². The van der Waals surface area contributed by atoms with E-state index in [0.29, 0.717) is 18.8 Å². The average Bonchev–Trinajstić information content (AvgIpc) is 3.32. The number of nitrogens with one attached hydrogen (secondary N) is 2. The van der Waals surface area contributed by atoms with E-state index in [1.807, 2.05) is 29.2 Å². The van der Waals surface area contributed by atoms with E-state index in [1.165, 1.54) is 6.42 Å². The van der Waals surface area contributed by atoms with Crippen LogP contribution in [0.15, 0.2) is 24.3 Å². The quantitative estimate of drug-likeness (QED) is 0.800. The summed E-state index contributed by atoms with van der Waals surface area (Å²) < 4.78 is 0. The molecule has 5 nitrogen and oxygen atoms in total. The van der Waals surface area contributed by atoms with Gasteiger partial charge in [0.1, 0.15) is 0 Å². The molecule has 1 aromatic carbocycles. The fourth-order valence-electron chi connectivity index (χ4n) is 3.65. The highest BCUT2D eigenvalue weighted by molar-refractivity contribution is 5.90. The first-order valence-corrected chi connectivity index (χ1v) is 9.58. The minimum Gasteiger partial charge on any atom is -0.343 e. The Morgan fingerprint density at radius 1 is 1.12 bits per heavy atom. The van der Waals surface area contributed by atoms with Crippen LogP contribution in [0, 0.1) is 5.92 Å². The largest absolute Gasteiger partial charge is 0.343 e. The molecule has 25 heavy (non-hydrogen) atoms. The van der Waals surface area contributed by atoms with Crippen molar-refractivity contribution < 1.29 is 9.59 Å². The van der Waals surface area contributed by atoms with Gasteiger partial charge in [-0.3, -0.25) is 9.59 Å². The standard InChI is InChI=1S/C20H29N3O2/c24-19(9-5-17-11-12-21-15-17)22-18-7-3-16(4-8-18)6-10-20(25)23-13-1-2-14-23/h3-4,7-8,17,21H,1-2,5-6,9-15H2,(H,22,24). The van der Waals surface area contributed by atoms with E-state index in [4.69, 9.17) is 0 Å². The van der Waals surface area contributed by atoms with Crippen molar-refractivity contribution in [2.45, 2.75) is 44.9 Å². The summed E-state index contributed by atoms with van der Waals surface area (Å²) >= 11 is 0. The highest BCUT2D eigenvalue weighted by Gasteiger charge is 2.17. The third-order valence-corrected chi connectivity index (χ3v) is 5.27. The van der Waals surface area contributed by atoms with Gasteiger partial charge in [-0.2, -0.15) is 0 Å². The van der Waals surface area contributed by atoms with Crippen LogP contribution in [-0.2, 0) is 16.0 Å². The summed E-state index contributed by atoms with van der Waals surface area (Å²) in [5.41, 5.74) is 1.98. The molecule has 0 aliphatic carbocycles. The van der Waals surface area contributed by atoms with Gasteiger partial charge in [-0.05, 0) is 68.8 Å². The number of aryl methyl sites for hydroxylation is 1. The van der Waals surface area contributed by atoms with Crippen LogP contribution in [0.4, 0.5) is 5.69 Å². The Balaban J connectivity index is 1.38. The molecule has 0 aromatic heterocycles. The summed E-state index contributed by atoms with van der Waals surface area (Å²) in [4.78, 5) is 26.1. The van der Waals surface area contributed by atoms with Crippen LogP contribution in [0.25, 0.3) is 0 Å². The lowest BCUT2D eigenvalue weighted by atomic mass is 10.0. The number of likely N-dealkylation sites (tertiary alicyclic amines) is 1. The Bertz CT molecular complexity index is 573. The van der Waals surface area contributed by atoms with Gasteiger partial charge in [0.25, 0.3) is 0 Å². The van der Waals surface area contributed by atoms with Crippen LogP contribution >= 0.6 is 0 Å². The molecule has 2 aliphatic heterocycles. The van der Waals surface area contributed by atoms with Crippen LogP contribution in [0.3, 0.4) is 0 Å². The second kappa shape index (κ2) is 8.99. The number of rotatable bonds is 7. The smallest absolute Gasteiger partial charge is 0.224 e. The fraction of sp³-hybridized carbons (Fsp3) is 0.600. The lowest BCUT2D eigenvalue weighted by molar-refractivity contribution is -0.130. The summed E-state index contributed by atoms with van der Waals surface area (Å²) in [5, 5.41) is 6.30. The second-order valence-corrected chi connectivity index (χ2v) is 7.23. The first kappa shape index (κ1) is 17.9. The van der Waals surface area contributed by atoms with E-state index < -0.39 is 0 Å². The van der Waals surface area contributed by atoms with Crippen LogP contribution in [0.1, 0.15) is 44.1 Å². The fourth-order valence-corrected chi connectivity index (χ4v) is 3.65. The number of carbonyl (C=O) groups excluding carboxylic acids is 2. The van der Waals surface area contributed by atoms with Crippen molar-refractivity contribution in [2.24, 2.45) is 5.92 Å². The van der Waals surface area contributed by atoms with Crippen molar-refractivity contribution in [3.63, 3.8) is 0 Å². The molecule has 2 aliphatic rings. The highest BCUT2D eigenvalue weighted by Crippen LogP contribution is 2.17. The number of hydrogen-bond donors (Lipinski definition) is 2. The van der Waals surface area contributed by atoms with E-state index in [1.54, 1.807) is 0 Å². The summed E-state index contributed by atoms with van der Waals surface area (Å²) in [6.45, 7) is 3.95. The van der Waals surface area contributed by atoms with Gasteiger partial charge in [0.2, 0.25) is 11.8 Å². The third kappa shape index (κ3) is 5.56. The number of benzene rings is 1. The van der Waals surface area contributed by atoms with E-state index in [9.17, 15) is 9.59 Å². The van der Waals surface area contributed by atoms with Crippen molar-refractivity contribution in [1.29, 1.82) is 0 Å². The number of nitrogens with zero attached hydrogens (tertiary/aromatic N) is 1.